The molecule has 0 unspecified atom stereocenters. The van der Waals surface area contributed by atoms with Gasteiger partial charge in [0, 0.05) is 23.5 Å². The molecule has 4 N–H and O–H groups in total. The molecule has 27 heavy (non-hydrogen) atoms. The van der Waals surface area contributed by atoms with Crippen LogP contribution in [0.15, 0.2) is 54.9 Å². The minimum absolute atomic E-state index is 0.296. The molecular formula is C20H19N3O4. The summed E-state index contributed by atoms with van der Waals surface area (Å²) in [5.74, 6) is 4.39. The Morgan fingerprint density at radius 2 is 1.81 bits per heavy atom. The number of hydrogen-bond acceptors (Lipinski definition) is 5. The fourth-order valence-corrected chi connectivity index (χ4v) is 2.14. The van der Waals surface area contributed by atoms with Gasteiger partial charge in [-0.3, -0.25) is 19.8 Å². The highest BCUT2D eigenvalue weighted by Crippen LogP contribution is 2.05. The largest absolute Gasteiger partial charge is 0.391 e. The van der Waals surface area contributed by atoms with Crippen molar-refractivity contribution >= 4 is 17.9 Å². The average molecular weight is 365 g/mol. The lowest BCUT2D eigenvalue weighted by Crippen LogP contribution is -2.51. The first kappa shape index (κ1) is 19.8. The van der Waals surface area contributed by atoms with Crippen molar-refractivity contribution in [3.8, 4) is 11.8 Å². The van der Waals surface area contributed by atoms with E-state index in [-0.39, 0.29) is 0 Å². The molecule has 1 aromatic heterocycles. The summed E-state index contributed by atoms with van der Waals surface area (Å²) >= 11 is 0. The van der Waals surface area contributed by atoms with E-state index in [1.54, 1.807) is 42.7 Å². The molecule has 2 rings (SSSR count). The van der Waals surface area contributed by atoms with Gasteiger partial charge in [0.05, 0.1) is 6.10 Å². The first-order valence-corrected chi connectivity index (χ1v) is 8.12. The molecule has 0 aliphatic rings. The van der Waals surface area contributed by atoms with Gasteiger partial charge in [-0.1, -0.05) is 11.8 Å². The fraction of sp³-hybridized carbons (Fsp3) is 0.150. The summed E-state index contributed by atoms with van der Waals surface area (Å²) in [5, 5.41) is 20.6. The maximum Gasteiger partial charge on any atom is 0.268 e. The second kappa shape index (κ2) is 9.87. The van der Waals surface area contributed by atoms with Crippen molar-refractivity contribution in [1.82, 2.24) is 15.8 Å². The number of aliphatic hydroxyl groups excluding tert-OH is 1. The van der Waals surface area contributed by atoms with E-state index in [0.29, 0.717) is 11.1 Å². The predicted octanol–water partition coefficient (Wildman–Crippen LogP) is 1.13. The summed E-state index contributed by atoms with van der Waals surface area (Å²) in [6.45, 7) is 1.33. The zero-order valence-corrected chi connectivity index (χ0v) is 14.6. The lowest BCUT2D eigenvalue weighted by atomic mass is 10.1. The number of carbonyl (C=O) groups is 2. The maximum atomic E-state index is 12.2. The molecule has 0 spiro atoms. The number of hydrogen-bond donors (Lipinski definition) is 4. The molecule has 138 valence electrons. The van der Waals surface area contributed by atoms with Gasteiger partial charge < -0.3 is 10.4 Å². The van der Waals surface area contributed by atoms with E-state index in [4.69, 9.17) is 5.21 Å². The van der Waals surface area contributed by atoms with Crippen LogP contribution >= 0.6 is 0 Å². The number of aromatic nitrogens is 1. The van der Waals surface area contributed by atoms with Gasteiger partial charge >= 0.3 is 0 Å². The zero-order chi connectivity index (χ0) is 19.6. The second-order valence-corrected chi connectivity index (χ2v) is 5.63. The molecule has 1 heterocycles. The highest BCUT2D eigenvalue weighted by molar-refractivity contribution is 5.97. The number of carbonyl (C=O) groups excluding carboxylic acids is 2. The van der Waals surface area contributed by atoms with Crippen LogP contribution in [0.2, 0.25) is 0 Å². The number of nitrogens with zero attached hydrogens (tertiary/aromatic N) is 1. The summed E-state index contributed by atoms with van der Waals surface area (Å²) in [4.78, 5) is 27.6. The van der Waals surface area contributed by atoms with Crippen LogP contribution < -0.4 is 10.8 Å². The molecule has 7 heteroatoms. The molecule has 7 nitrogen and oxygen atoms in total. The summed E-state index contributed by atoms with van der Waals surface area (Å²) in [7, 11) is 0. The number of amides is 2. The summed E-state index contributed by atoms with van der Waals surface area (Å²) in [6.07, 6.45) is 5.81. The Kier molecular flexibility index (Phi) is 7.26. The van der Waals surface area contributed by atoms with Gasteiger partial charge in [0.2, 0.25) is 0 Å². The minimum Gasteiger partial charge on any atom is -0.391 e. The Balaban J connectivity index is 2.00. The maximum absolute atomic E-state index is 12.2. The number of allylic oxidation sites excluding steroid dienone is 1. The van der Waals surface area contributed by atoms with Gasteiger partial charge in [0.25, 0.3) is 11.8 Å². The van der Waals surface area contributed by atoms with Crippen LogP contribution in [0.25, 0.3) is 6.08 Å². The van der Waals surface area contributed by atoms with E-state index < -0.39 is 24.0 Å². The van der Waals surface area contributed by atoms with Gasteiger partial charge in [-0.25, -0.2) is 5.48 Å². The van der Waals surface area contributed by atoms with Gasteiger partial charge in [-0.15, -0.1) is 0 Å². The van der Waals surface area contributed by atoms with Gasteiger partial charge in [-0.2, -0.15) is 0 Å². The van der Waals surface area contributed by atoms with Crippen molar-refractivity contribution in [2.75, 3.05) is 0 Å². The van der Waals surface area contributed by atoms with Crippen LogP contribution in [0, 0.1) is 11.8 Å². The Bertz CT molecular complexity index is 866. The van der Waals surface area contributed by atoms with E-state index in [0.717, 1.165) is 5.56 Å². The third kappa shape index (κ3) is 6.08. The molecule has 0 aliphatic heterocycles. The Morgan fingerprint density at radius 1 is 1.15 bits per heavy atom. The van der Waals surface area contributed by atoms with Crippen LogP contribution in [0.3, 0.4) is 0 Å². The number of pyridine rings is 1. The number of benzene rings is 1. The molecule has 0 saturated carbocycles. The zero-order valence-electron chi connectivity index (χ0n) is 14.6. The van der Waals surface area contributed by atoms with Crippen molar-refractivity contribution in [2.45, 2.75) is 19.1 Å². The quantitative estimate of drug-likeness (QED) is 0.361. The lowest BCUT2D eigenvalue weighted by molar-refractivity contribution is -0.133. The van der Waals surface area contributed by atoms with Crippen LogP contribution in [0.5, 0.6) is 0 Å². The number of aliphatic hydroxyl groups is 1. The monoisotopic (exact) mass is 365 g/mol. The molecule has 0 aliphatic carbocycles. The Morgan fingerprint density at radius 3 is 2.41 bits per heavy atom. The van der Waals surface area contributed by atoms with Gasteiger partial charge in [-0.05, 0) is 61.0 Å². The SMILES string of the molecule is C[C@@H](O)[C@H](NC(=O)c1ccc(C#C/C=C/c2ccncc2)cc1)C(=O)NO. The predicted molar refractivity (Wildman–Crippen MR) is 99.5 cm³/mol. The third-order valence-corrected chi connectivity index (χ3v) is 3.59. The Hall–Kier alpha value is -3.47. The van der Waals surface area contributed by atoms with Crippen molar-refractivity contribution < 1.29 is 19.9 Å². The first-order chi connectivity index (χ1) is 13.0. The van der Waals surface area contributed by atoms with Crippen LogP contribution in [0.1, 0.15) is 28.4 Å². The molecule has 0 bridgehead atoms. The molecule has 2 aromatic rings. The van der Waals surface area contributed by atoms with Gasteiger partial charge in [0.1, 0.15) is 6.04 Å². The summed E-state index contributed by atoms with van der Waals surface area (Å²) in [6, 6.07) is 8.92. The molecule has 0 saturated heterocycles. The number of hydroxylamine groups is 1. The molecule has 2 atom stereocenters. The van der Waals surface area contributed by atoms with Crippen molar-refractivity contribution in [3.63, 3.8) is 0 Å². The number of nitrogens with one attached hydrogen (secondary N) is 2. The van der Waals surface area contributed by atoms with Crippen molar-refractivity contribution in [2.24, 2.45) is 0 Å². The van der Waals surface area contributed by atoms with Crippen LogP contribution in [-0.2, 0) is 4.79 Å². The summed E-state index contributed by atoms with van der Waals surface area (Å²) in [5.41, 5.74) is 3.41. The fourth-order valence-electron chi connectivity index (χ4n) is 2.14. The summed E-state index contributed by atoms with van der Waals surface area (Å²) < 4.78 is 0. The molecule has 1 aromatic carbocycles. The van der Waals surface area contributed by atoms with Crippen molar-refractivity contribution in [3.05, 3.63) is 71.6 Å². The lowest BCUT2D eigenvalue weighted by Gasteiger charge is -2.19. The average Bonchev–Trinajstić information content (AvgIpc) is 2.69. The highest BCUT2D eigenvalue weighted by atomic mass is 16.5. The smallest absolute Gasteiger partial charge is 0.268 e. The number of rotatable bonds is 5. The molecule has 0 radical (unpaired) electrons. The second-order valence-electron chi connectivity index (χ2n) is 5.63. The van der Waals surface area contributed by atoms with E-state index in [1.807, 2.05) is 18.2 Å². The standard InChI is InChI=1S/C20H19N3O4/c1-14(24)18(20(26)23-27)22-19(25)17-8-6-15(7-9-17)4-2-3-5-16-10-12-21-13-11-16/h3,5-14,18,24,27H,1H3,(H,22,25)(H,23,26)/b5-3+/t14-,18+/m1/s1. The van der Waals surface area contributed by atoms with E-state index >= 15 is 0 Å². The molecular weight excluding hydrogens is 346 g/mol. The normalized spacial score (nSPS) is 12.6. The topological polar surface area (TPSA) is 112 Å². The van der Waals surface area contributed by atoms with Crippen LogP contribution in [0.4, 0.5) is 0 Å². The van der Waals surface area contributed by atoms with Gasteiger partial charge in [0.15, 0.2) is 0 Å². The Labute approximate surface area is 156 Å². The van der Waals surface area contributed by atoms with E-state index in [2.05, 4.69) is 22.1 Å². The third-order valence-electron chi connectivity index (χ3n) is 3.59. The van der Waals surface area contributed by atoms with Crippen LogP contribution in [-0.4, -0.2) is 39.3 Å². The first-order valence-electron chi connectivity index (χ1n) is 8.12. The molecule has 0 fully saturated rings. The van der Waals surface area contributed by atoms with Crippen molar-refractivity contribution in [1.29, 1.82) is 0 Å². The molecule has 2 amide bonds. The minimum atomic E-state index is -1.26. The van der Waals surface area contributed by atoms with E-state index in [1.165, 1.54) is 12.4 Å². The van der Waals surface area contributed by atoms with E-state index in [9.17, 15) is 14.7 Å². The highest BCUT2D eigenvalue weighted by Gasteiger charge is 2.25.